The molecule has 1 fully saturated rings. The van der Waals surface area contributed by atoms with Crippen LogP contribution in [0.2, 0.25) is 0 Å². The lowest BCUT2D eigenvalue weighted by atomic mass is 9.99. The van der Waals surface area contributed by atoms with Crippen molar-refractivity contribution in [2.75, 3.05) is 6.61 Å². The van der Waals surface area contributed by atoms with Gasteiger partial charge in [0.25, 0.3) is 0 Å². The van der Waals surface area contributed by atoms with Crippen LogP contribution in [0.3, 0.4) is 0 Å². The van der Waals surface area contributed by atoms with E-state index in [1.54, 1.807) is 0 Å². The molecule has 5 atom stereocenters. The largest absolute Gasteiger partial charge is 0.508 e. The molecule has 170 valence electrons. The van der Waals surface area contributed by atoms with Gasteiger partial charge in [-0.25, -0.2) is 0 Å². The Morgan fingerprint density at radius 2 is 1.66 bits per heavy atom. The zero-order chi connectivity index (χ0) is 23.2. The lowest BCUT2D eigenvalue weighted by Crippen LogP contribution is -2.60. The first kappa shape index (κ1) is 21.9. The Morgan fingerprint density at radius 3 is 2.34 bits per heavy atom. The molecular formula is C21H20O11. The second-order valence-electron chi connectivity index (χ2n) is 7.31. The molecule has 0 bridgehead atoms. The number of phenolic OH excluding ortho intramolecular Hbond substituents is 3. The minimum atomic E-state index is -1.73. The summed E-state index contributed by atoms with van der Waals surface area (Å²) < 4.78 is 16.5. The van der Waals surface area contributed by atoms with Gasteiger partial charge in [0, 0.05) is 23.8 Å². The van der Waals surface area contributed by atoms with Gasteiger partial charge in [0.2, 0.25) is 6.29 Å². The normalized spacial score (nSPS) is 25.7. The molecule has 0 spiro atoms. The van der Waals surface area contributed by atoms with Crippen molar-refractivity contribution < 1.29 is 49.6 Å². The maximum absolute atomic E-state index is 12.9. The Hall–Kier alpha value is -3.35. The highest BCUT2D eigenvalue weighted by atomic mass is 16.7. The number of aliphatic hydroxyl groups is 4. The van der Waals surface area contributed by atoms with Gasteiger partial charge in [-0.2, -0.15) is 0 Å². The van der Waals surface area contributed by atoms with Crippen LogP contribution in [0, 0.1) is 0 Å². The van der Waals surface area contributed by atoms with Gasteiger partial charge in [0.05, 0.1) is 6.61 Å². The lowest BCUT2D eigenvalue weighted by Gasteiger charge is -2.39. The van der Waals surface area contributed by atoms with Gasteiger partial charge in [0.1, 0.15) is 52.6 Å². The van der Waals surface area contributed by atoms with Crippen LogP contribution in [0.1, 0.15) is 0 Å². The summed E-state index contributed by atoms with van der Waals surface area (Å²) in [6.07, 6.45) is -7.82. The quantitative estimate of drug-likeness (QED) is 0.261. The molecule has 1 saturated heterocycles. The van der Waals surface area contributed by atoms with E-state index >= 15 is 0 Å². The average molecular weight is 448 g/mol. The zero-order valence-electron chi connectivity index (χ0n) is 16.3. The first-order valence-electron chi connectivity index (χ1n) is 9.50. The maximum atomic E-state index is 12.9. The molecule has 3 aromatic rings. The van der Waals surface area contributed by atoms with E-state index in [-0.39, 0.29) is 39.5 Å². The van der Waals surface area contributed by atoms with E-state index in [2.05, 4.69) is 0 Å². The number of ether oxygens (including phenoxy) is 2. The Labute approximate surface area is 179 Å². The van der Waals surface area contributed by atoms with Crippen molar-refractivity contribution in [3.63, 3.8) is 0 Å². The molecule has 4 rings (SSSR count). The van der Waals surface area contributed by atoms with Crippen molar-refractivity contribution in [1.29, 1.82) is 0 Å². The molecular weight excluding hydrogens is 428 g/mol. The van der Waals surface area contributed by atoms with E-state index in [0.29, 0.717) is 0 Å². The summed E-state index contributed by atoms with van der Waals surface area (Å²) >= 11 is 0. The number of hydrogen-bond donors (Lipinski definition) is 7. The van der Waals surface area contributed by atoms with E-state index in [1.807, 2.05) is 0 Å². The third-order valence-electron chi connectivity index (χ3n) is 5.13. The summed E-state index contributed by atoms with van der Waals surface area (Å²) in [7, 11) is 0. The smallest absolute Gasteiger partial charge is 0.229 e. The van der Waals surface area contributed by atoms with Crippen molar-refractivity contribution in [3.8, 4) is 34.3 Å². The van der Waals surface area contributed by atoms with E-state index in [4.69, 9.17) is 13.9 Å². The average Bonchev–Trinajstić information content (AvgIpc) is 2.75. The molecule has 0 aliphatic carbocycles. The highest BCUT2D eigenvalue weighted by Gasteiger charge is 2.45. The summed E-state index contributed by atoms with van der Waals surface area (Å²) in [5.74, 6) is -1.34. The van der Waals surface area contributed by atoms with Crippen molar-refractivity contribution >= 4 is 11.0 Å². The molecule has 0 saturated carbocycles. The first-order chi connectivity index (χ1) is 15.2. The van der Waals surface area contributed by atoms with Gasteiger partial charge < -0.3 is 49.6 Å². The summed E-state index contributed by atoms with van der Waals surface area (Å²) in [6, 6.07) is 7.14. The summed E-state index contributed by atoms with van der Waals surface area (Å²) in [6.45, 7) is -0.670. The Balaban J connectivity index is 1.76. The van der Waals surface area contributed by atoms with Crippen LogP contribution < -0.4 is 10.2 Å². The highest BCUT2D eigenvalue weighted by molar-refractivity contribution is 5.86. The SMILES string of the molecule is O=c1cc(-c2ccc(O)c(O)c2)oc2cc(O)cc(O[C@@H]3OC(CO)[C@@H](O)[C@H](O)C3O)c12. The molecule has 1 aliphatic rings. The van der Waals surface area contributed by atoms with Crippen LogP contribution in [0.15, 0.2) is 45.6 Å². The second kappa shape index (κ2) is 8.30. The van der Waals surface area contributed by atoms with Gasteiger partial charge in [-0.3, -0.25) is 4.79 Å². The van der Waals surface area contributed by atoms with Gasteiger partial charge in [-0.05, 0) is 18.2 Å². The van der Waals surface area contributed by atoms with Gasteiger partial charge in [0.15, 0.2) is 16.9 Å². The summed E-state index contributed by atoms with van der Waals surface area (Å²) in [5.41, 5.74) is -0.424. The third-order valence-corrected chi connectivity index (χ3v) is 5.13. The number of hydrogen-bond acceptors (Lipinski definition) is 11. The second-order valence-corrected chi connectivity index (χ2v) is 7.31. The van der Waals surface area contributed by atoms with Crippen molar-refractivity contribution in [2.45, 2.75) is 30.7 Å². The van der Waals surface area contributed by atoms with Gasteiger partial charge in [-0.15, -0.1) is 0 Å². The first-order valence-corrected chi connectivity index (χ1v) is 9.50. The van der Waals surface area contributed by atoms with Crippen molar-refractivity contribution in [1.82, 2.24) is 0 Å². The molecule has 1 aromatic heterocycles. The molecule has 0 radical (unpaired) electrons. The van der Waals surface area contributed by atoms with Crippen LogP contribution >= 0.6 is 0 Å². The fourth-order valence-electron chi connectivity index (χ4n) is 3.44. The molecule has 32 heavy (non-hydrogen) atoms. The summed E-state index contributed by atoms with van der Waals surface area (Å²) in [4.78, 5) is 12.9. The molecule has 2 heterocycles. The van der Waals surface area contributed by atoms with Crippen LogP contribution in [-0.2, 0) is 4.74 Å². The molecule has 2 unspecified atom stereocenters. The number of aromatic hydroxyl groups is 3. The lowest BCUT2D eigenvalue weighted by molar-refractivity contribution is -0.277. The molecule has 1 aliphatic heterocycles. The predicted molar refractivity (Wildman–Crippen MR) is 107 cm³/mol. The van der Waals surface area contributed by atoms with Crippen LogP contribution in [0.5, 0.6) is 23.0 Å². The number of aliphatic hydroxyl groups excluding tert-OH is 4. The van der Waals surface area contributed by atoms with Crippen molar-refractivity contribution in [3.05, 3.63) is 46.6 Å². The molecule has 11 nitrogen and oxygen atoms in total. The van der Waals surface area contributed by atoms with E-state index in [0.717, 1.165) is 18.2 Å². The summed E-state index contributed by atoms with van der Waals surface area (Å²) in [5, 5.41) is 68.4. The fourth-order valence-corrected chi connectivity index (χ4v) is 3.44. The van der Waals surface area contributed by atoms with Crippen LogP contribution in [0.4, 0.5) is 0 Å². The van der Waals surface area contributed by atoms with E-state index < -0.39 is 48.5 Å². The van der Waals surface area contributed by atoms with E-state index in [9.17, 15) is 40.5 Å². The fraction of sp³-hybridized carbons (Fsp3) is 0.286. The Bertz CT molecular complexity index is 1200. The Morgan fingerprint density at radius 1 is 0.906 bits per heavy atom. The minimum Gasteiger partial charge on any atom is -0.508 e. The standard InChI is InChI=1S/C21H20O11/c22-7-16-18(27)19(28)20(29)21(32-16)31-15-5-9(23)4-14-17(15)12(26)6-13(30-14)8-1-2-10(24)11(25)3-8/h1-6,16,18-25,27-29H,7H2/t16?,18-,19+,20?,21-/m1/s1. The number of rotatable bonds is 4. The number of benzene rings is 2. The maximum Gasteiger partial charge on any atom is 0.229 e. The van der Waals surface area contributed by atoms with Crippen molar-refractivity contribution in [2.24, 2.45) is 0 Å². The predicted octanol–water partition coefficient (Wildman–Crippen LogP) is -0.245. The van der Waals surface area contributed by atoms with E-state index in [1.165, 1.54) is 18.2 Å². The monoisotopic (exact) mass is 448 g/mol. The number of phenols is 3. The topological polar surface area (TPSA) is 190 Å². The zero-order valence-corrected chi connectivity index (χ0v) is 16.3. The molecule has 11 heteroatoms. The Kier molecular flexibility index (Phi) is 5.67. The number of fused-ring (bicyclic) bond motifs is 1. The van der Waals surface area contributed by atoms with Crippen LogP contribution in [-0.4, -0.2) is 73.1 Å². The third kappa shape index (κ3) is 3.83. The molecule has 2 aromatic carbocycles. The van der Waals surface area contributed by atoms with Crippen LogP contribution in [0.25, 0.3) is 22.3 Å². The van der Waals surface area contributed by atoms with Gasteiger partial charge >= 0.3 is 0 Å². The minimum absolute atomic E-state index is 0.0298. The molecule has 0 amide bonds. The highest BCUT2D eigenvalue weighted by Crippen LogP contribution is 2.35. The molecule has 7 N–H and O–H groups in total. The van der Waals surface area contributed by atoms with Gasteiger partial charge in [-0.1, -0.05) is 0 Å².